The molecule has 0 saturated carbocycles. The Morgan fingerprint density at radius 1 is 1.67 bits per heavy atom. The van der Waals surface area contributed by atoms with Crippen LogP contribution < -0.4 is 5.73 Å². The first-order valence-electron chi connectivity index (χ1n) is 5.16. The summed E-state index contributed by atoms with van der Waals surface area (Å²) in [5.41, 5.74) is 7.07. The minimum absolute atomic E-state index is 0.541. The number of likely N-dealkylation sites (tertiary alicyclic amines) is 1. The molecule has 1 aliphatic rings. The third-order valence-electron chi connectivity index (χ3n) is 2.94. The Kier molecular flexibility index (Phi) is 2.62. The van der Waals surface area contributed by atoms with E-state index in [0.717, 1.165) is 19.5 Å². The van der Waals surface area contributed by atoms with E-state index in [1.54, 1.807) is 7.05 Å². The second-order valence-electron chi connectivity index (χ2n) is 3.96. The Hall–Kier alpha value is -1.52. The highest BCUT2D eigenvalue weighted by Gasteiger charge is 2.25. The maximum absolute atomic E-state index is 5.78. The Balaban J connectivity index is 2.04. The number of hydrogen-bond acceptors (Lipinski definition) is 2. The van der Waals surface area contributed by atoms with E-state index in [-0.39, 0.29) is 0 Å². The van der Waals surface area contributed by atoms with Crippen molar-refractivity contribution >= 4 is 5.96 Å². The van der Waals surface area contributed by atoms with Crippen molar-refractivity contribution in [2.24, 2.45) is 17.8 Å². The minimum Gasteiger partial charge on any atom is -0.370 e. The van der Waals surface area contributed by atoms with Gasteiger partial charge in [-0.2, -0.15) is 5.10 Å². The molecule has 0 amide bonds. The van der Waals surface area contributed by atoms with Crippen LogP contribution in [0.25, 0.3) is 0 Å². The van der Waals surface area contributed by atoms with Gasteiger partial charge in [-0.25, -0.2) is 0 Å². The molecule has 1 saturated heterocycles. The van der Waals surface area contributed by atoms with Crippen LogP contribution in [0.15, 0.2) is 17.4 Å². The van der Waals surface area contributed by atoms with E-state index >= 15 is 0 Å². The summed E-state index contributed by atoms with van der Waals surface area (Å²) in [6.45, 7) is 1.94. The minimum atomic E-state index is 0.541. The molecule has 82 valence electrons. The van der Waals surface area contributed by atoms with Gasteiger partial charge < -0.3 is 10.6 Å². The molecule has 1 atom stereocenters. The van der Waals surface area contributed by atoms with Crippen molar-refractivity contribution in [3.05, 3.63) is 18.0 Å². The SMILES string of the molecule is CN=C(N)N1CC[C@H](c2cnn(C)c2)C1. The normalized spacial score (nSPS) is 22.4. The van der Waals surface area contributed by atoms with Crippen LogP contribution in [0.2, 0.25) is 0 Å². The predicted octanol–water partition coefficient (Wildman–Crippen LogP) is 0.154. The molecule has 2 heterocycles. The fraction of sp³-hybridized carbons (Fsp3) is 0.600. The molecule has 5 heteroatoms. The smallest absolute Gasteiger partial charge is 0.190 e. The number of nitrogens with zero attached hydrogens (tertiary/aromatic N) is 4. The quantitative estimate of drug-likeness (QED) is 0.527. The zero-order valence-corrected chi connectivity index (χ0v) is 9.22. The maximum atomic E-state index is 5.78. The van der Waals surface area contributed by atoms with Crippen LogP contribution in [0.3, 0.4) is 0 Å². The van der Waals surface area contributed by atoms with Crippen LogP contribution in [0.4, 0.5) is 0 Å². The fourth-order valence-electron chi connectivity index (χ4n) is 2.03. The monoisotopic (exact) mass is 207 g/mol. The first-order valence-corrected chi connectivity index (χ1v) is 5.16. The highest BCUT2D eigenvalue weighted by Crippen LogP contribution is 2.26. The topological polar surface area (TPSA) is 59.4 Å². The Labute approximate surface area is 89.6 Å². The van der Waals surface area contributed by atoms with E-state index in [2.05, 4.69) is 21.2 Å². The van der Waals surface area contributed by atoms with E-state index in [1.165, 1.54) is 5.56 Å². The number of nitrogens with two attached hydrogens (primary N) is 1. The Morgan fingerprint density at radius 3 is 3.07 bits per heavy atom. The molecule has 0 spiro atoms. The number of guanidine groups is 1. The first kappa shape index (κ1) is 10.0. The van der Waals surface area contributed by atoms with Gasteiger partial charge in [0.2, 0.25) is 0 Å². The van der Waals surface area contributed by atoms with Crippen molar-refractivity contribution in [3.8, 4) is 0 Å². The summed E-state index contributed by atoms with van der Waals surface area (Å²) in [6, 6.07) is 0. The lowest BCUT2D eigenvalue weighted by atomic mass is 10.0. The van der Waals surface area contributed by atoms with Gasteiger partial charge in [-0.3, -0.25) is 9.67 Å². The van der Waals surface area contributed by atoms with Gasteiger partial charge >= 0.3 is 0 Å². The van der Waals surface area contributed by atoms with Crippen molar-refractivity contribution in [1.29, 1.82) is 0 Å². The zero-order chi connectivity index (χ0) is 10.8. The maximum Gasteiger partial charge on any atom is 0.190 e. The summed E-state index contributed by atoms with van der Waals surface area (Å²) in [7, 11) is 3.67. The third-order valence-corrected chi connectivity index (χ3v) is 2.94. The lowest BCUT2D eigenvalue weighted by Gasteiger charge is -2.16. The van der Waals surface area contributed by atoms with Crippen LogP contribution in [-0.4, -0.2) is 40.8 Å². The Bertz CT molecular complexity index is 368. The number of aliphatic imine (C=N–C) groups is 1. The lowest BCUT2D eigenvalue weighted by molar-refractivity contribution is 0.503. The van der Waals surface area contributed by atoms with Crippen LogP contribution in [-0.2, 0) is 7.05 Å². The molecule has 0 aromatic carbocycles. The van der Waals surface area contributed by atoms with Gasteiger partial charge in [-0.15, -0.1) is 0 Å². The molecule has 0 unspecified atom stereocenters. The molecule has 0 aliphatic carbocycles. The van der Waals surface area contributed by atoms with Gasteiger partial charge in [0.15, 0.2) is 5.96 Å². The van der Waals surface area contributed by atoms with Gasteiger partial charge in [0.25, 0.3) is 0 Å². The molecule has 1 fully saturated rings. The largest absolute Gasteiger partial charge is 0.370 e. The van der Waals surface area contributed by atoms with Crippen LogP contribution >= 0.6 is 0 Å². The Morgan fingerprint density at radius 2 is 2.47 bits per heavy atom. The summed E-state index contributed by atoms with van der Waals surface area (Å²) >= 11 is 0. The van der Waals surface area contributed by atoms with Gasteiger partial charge in [-0.05, 0) is 12.0 Å². The second kappa shape index (κ2) is 3.92. The lowest BCUT2D eigenvalue weighted by Crippen LogP contribution is -2.35. The highest BCUT2D eigenvalue weighted by molar-refractivity contribution is 5.78. The summed E-state index contributed by atoms with van der Waals surface area (Å²) in [4.78, 5) is 6.13. The number of rotatable bonds is 1. The number of aryl methyl sites for hydroxylation is 1. The molecular weight excluding hydrogens is 190 g/mol. The molecule has 5 nitrogen and oxygen atoms in total. The van der Waals surface area contributed by atoms with Gasteiger partial charge in [0.05, 0.1) is 6.20 Å². The predicted molar refractivity (Wildman–Crippen MR) is 59.7 cm³/mol. The van der Waals surface area contributed by atoms with Gasteiger partial charge in [-0.1, -0.05) is 0 Å². The molecule has 1 aliphatic heterocycles. The molecular formula is C10H17N5. The average molecular weight is 207 g/mol. The summed E-state index contributed by atoms with van der Waals surface area (Å²) < 4.78 is 1.84. The molecule has 1 aromatic rings. The van der Waals surface area contributed by atoms with Crippen LogP contribution in [0.1, 0.15) is 17.9 Å². The third kappa shape index (κ3) is 1.95. The van der Waals surface area contributed by atoms with Gasteiger partial charge in [0.1, 0.15) is 0 Å². The van der Waals surface area contributed by atoms with Crippen molar-refractivity contribution in [2.45, 2.75) is 12.3 Å². The van der Waals surface area contributed by atoms with E-state index in [0.29, 0.717) is 11.9 Å². The van der Waals surface area contributed by atoms with Gasteiger partial charge in [0, 0.05) is 39.3 Å². The average Bonchev–Trinajstić information content (AvgIpc) is 2.84. The molecule has 2 rings (SSSR count). The first-order chi connectivity index (χ1) is 7.20. The van der Waals surface area contributed by atoms with E-state index in [9.17, 15) is 0 Å². The second-order valence-corrected chi connectivity index (χ2v) is 3.96. The van der Waals surface area contributed by atoms with Crippen LogP contribution in [0.5, 0.6) is 0 Å². The van der Waals surface area contributed by atoms with Crippen molar-refractivity contribution in [1.82, 2.24) is 14.7 Å². The summed E-state index contributed by atoms with van der Waals surface area (Å²) in [6.07, 6.45) is 5.14. The standard InChI is InChI=1S/C10H17N5/c1-12-10(11)15-4-3-8(7-15)9-5-13-14(2)6-9/h5-6,8H,3-4,7H2,1-2H3,(H2,11,12)/t8-/m0/s1. The molecule has 1 aromatic heterocycles. The molecule has 0 radical (unpaired) electrons. The molecule has 2 N–H and O–H groups in total. The van der Waals surface area contributed by atoms with Crippen molar-refractivity contribution in [2.75, 3.05) is 20.1 Å². The van der Waals surface area contributed by atoms with E-state index in [4.69, 9.17) is 5.73 Å². The van der Waals surface area contributed by atoms with Crippen molar-refractivity contribution < 1.29 is 0 Å². The van der Waals surface area contributed by atoms with E-state index < -0.39 is 0 Å². The fourth-order valence-corrected chi connectivity index (χ4v) is 2.03. The number of hydrogen-bond donors (Lipinski definition) is 1. The number of aromatic nitrogens is 2. The zero-order valence-electron chi connectivity index (χ0n) is 9.22. The molecule has 0 bridgehead atoms. The summed E-state index contributed by atoms with van der Waals surface area (Å²) in [5, 5.41) is 4.19. The van der Waals surface area contributed by atoms with E-state index in [1.807, 2.05) is 17.9 Å². The highest BCUT2D eigenvalue weighted by atomic mass is 15.3. The van der Waals surface area contributed by atoms with Crippen LogP contribution in [0, 0.1) is 0 Å². The van der Waals surface area contributed by atoms with Crippen molar-refractivity contribution in [3.63, 3.8) is 0 Å². The summed E-state index contributed by atoms with van der Waals surface area (Å²) in [5.74, 6) is 1.18. The molecule has 15 heavy (non-hydrogen) atoms.